The van der Waals surface area contributed by atoms with E-state index in [0.29, 0.717) is 0 Å². The predicted molar refractivity (Wildman–Crippen MR) is 123 cm³/mol. The quantitative estimate of drug-likeness (QED) is 0.381. The van der Waals surface area contributed by atoms with Crippen LogP contribution in [0.1, 0.15) is 33.3 Å². The van der Waals surface area contributed by atoms with Gasteiger partial charge in [-0.15, -0.1) is 0 Å². The molecule has 0 amide bonds. The molecule has 0 spiro atoms. The largest absolute Gasteiger partial charge is 0.0791 e. The molecule has 0 fully saturated rings. The van der Waals surface area contributed by atoms with Crippen molar-refractivity contribution >= 4 is 33.7 Å². The molecule has 0 heteroatoms. The van der Waals surface area contributed by atoms with Crippen LogP contribution in [0.5, 0.6) is 0 Å². The summed E-state index contributed by atoms with van der Waals surface area (Å²) in [5.41, 5.74) is 4.01. The molecule has 0 aliphatic heterocycles. The molecule has 0 aliphatic carbocycles. The van der Waals surface area contributed by atoms with Crippen molar-refractivity contribution in [2.24, 2.45) is 0 Å². The second-order valence-electron chi connectivity index (χ2n) is 6.84. The number of benzene rings is 4. The van der Waals surface area contributed by atoms with E-state index in [2.05, 4.69) is 99.7 Å². The van der Waals surface area contributed by atoms with E-state index in [4.69, 9.17) is 0 Å². The standard InChI is InChI=1S/C26H24.CH4/c1-4-10-23-18(3)24-13-8-9-14-25(24)26(22(23)5-2)21-16-15-19-11-6-7-12-20(19)17-21;/h5-17H,4H2,1-3H3;1H4/b22-5+,23-10-;. The van der Waals surface area contributed by atoms with Crippen molar-refractivity contribution in [2.45, 2.75) is 34.6 Å². The van der Waals surface area contributed by atoms with Gasteiger partial charge in [0.05, 0.1) is 0 Å². The fraction of sp³-hybridized carbons (Fsp3) is 0.185. The van der Waals surface area contributed by atoms with Crippen molar-refractivity contribution in [1.29, 1.82) is 0 Å². The van der Waals surface area contributed by atoms with Crippen molar-refractivity contribution in [3.8, 4) is 11.1 Å². The molecule has 136 valence electrons. The lowest BCUT2D eigenvalue weighted by molar-refractivity contribution is 1.27. The third-order valence-electron chi connectivity index (χ3n) is 5.30. The minimum absolute atomic E-state index is 0. The Morgan fingerprint density at radius 2 is 1.44 bits per heavy atom. The molecule has 4 rings (SSSR count). The van der Waals surface area contributed by atoms with E-state index in [1.807, 2.05) is 0 Å². The molecule has 0 bridgehead atoms. The Labute approximate surface area is 162 Å². The summed E-state index contributed by atoms with van der Waals surface area (Å²) < 4.78 is 0. The molecule has 0 aromatic heterocycles. The molecular formula is C27H28. The Bertz CT molecular complexity index is 1230. The van der Waals surface area contributed by atoms with Crippen LogP contribution >= 0.6 is 0 Å². The van der Waals surface area contributed by atoms with Crippen LogP contribution in [0.4, 0.5) is 0 Å². The van der Waals surface area contributed by atoms with Gasteiger partial charge in [-0.25, -0.2) is 0 Å². The fourth-order valence-corrected chi connectivity index (χ4v) is 4.08. The first-order valence-electron chi connectivity index (χ1n) is 9.41. The first-order chi connectivity index (χ1) is 12.7. The van der Waals surface area contributed by atoms with E-state index in [-0.39, 0.29) is 7.43 Å². The Balaban J connectivity index is 0.00000210. The number of rotatable bonds is 2. The van der Waals surface area contributed by atoms with Gasteiger partial charge in [-0.2, -0.15) is 0 Å². The second kappa shape index (κ2) is 7.80. The van der Waals surface area contributed by atoms with Crippen LogP contribution in [-0.2, 0) is 0 Å². The van der Waals surface area contributed by atoms with Gasteiger partial charge in [-0.3, -0.25) is 0 Å². The Morgan fingerprint density at radius 1 is 0.778 bits per heavy atom. The SMILES string of the molecule is C.C/C=c1/c(-c2ccc3ccccc3c2)c2ccccc2c(C)/c1=C/CC. The number of hydrogen-bond acceptors (Lipinski definition) is 0. The third-order valence-corrected chi connectivity index (χ3v) is 5.30. The average molecular weight is 353 g/mol. The highest BCUT2D eigenvalue weighted by molar-refractivity contribution is 6.01. The molecule has 0 atom stereocenters. The molecule has 4 aromatic carbocycles. The van der Waals surface area contributed by atoms with Gasteiger partial charge in [0.2, 0.25) is 0 Å². The van der Waals surface area contributed by atoms with E-state index in [0.717, 1.165) is 6.42 Å². The predicted octanol–water partition coefficient (Wildman–Crippen LogP) is 6.60. The highest BCUT2D eigenvalue weighted by Gasteiger charge is 2.10. The molecule has 27 heavy (non-hydrogen) atoms. The van der Waals surface area contributed by atoms with E-state index in [1.54, 1.807) is 0 Å². The lowest BCUT2D eigenvalue weighted by Crippen LogP contribution is -2.30. The molecule has 0 saturated carbocycles. The summed E-state index contributed by atoms with van der Waals surface area (Å²) in [6.07, 6.45) is 5.67. The normalized spacial score (nSPS) is 12.6. The van der Waals surface area contributed by atoms with Gasteiger partial charge >= 0.3 is 0 Å². The Kier molecular flexibility index (Phi) is 5.46. The van der Waals surface area contributed by atoms with Crippen LogP contribution in [0.3, 0.4) is 0 Å². The van der Waals surface area contributed by atoms with Crippen LogP contribution in [0.15, 0.2) is 66.7 Å². The number of hydrogen-bond donors (Lipinski definition) is 0. The maximum atomic E-state index is 2.36. The lowest BCUT2D eigenvalue weighted by atomic mass is 9.90. The van der Waals surface area contributed by atoms with Gasteiger partial charge in [0.1, 0.15) is 0 Å². The van der Waals surface area contributed by atoms with Gasteiger partial charge in [-0.05, 0) is 75.0 Å². The van der Waals surface area contributed by atoms with Crippen molar-refractivity contribution in [3.63, 3.8) is 0 Å². The van der Waals surface area contributed by atoms with Gasteiger partial charge in [0.25, 0.3) is 0 Å². The van der Waals surface area contributed by atoms with Crippen molar-refractivity contribution in [3.05, 3.63) is 82.7 Å². The molecule has 0 heterocycles. The number of aryl methyl sites for hydroxylation is 1. The van der Waals surface area contributed by atoms with Crippen LogP contribution in [-0.4, -0.2) is 0 Å². The summed E-state index contributed by atoms with van der Waals surface area (Å²) >= 11 is 0. The van der Waals surface area contributed by atoms with Crippen molar-refractivity contribution in [2.75, 3.05) is 0 Å². The second-order valence-corrected chi connectivity index (χ2v) is 6.84. The van der Waals surface area contributed by atoms with Crippen LogP contribution in [0, 0.1) is 6.92 Å². The maximum absolute atomic E-state index is 2.36. The van der Waals surface area contributed by atoms with Crippen molar-refractivity contribution < 1.29 is 0 Å². The molecule has 0 nitrogen and oxygen atoms in total. The van der Waals surface area contributed by atoms with Crippen LogP contribution in [0.25, 0.3) is 44.8 Å². The van der Waals surface area contributed by atoms with Crippen LogP contribution in [0.2, 0.25) is 0 Å². The minimum Gasteiger partial charge on any atom is -0.0791 e. The summed E-state index contributed by atoms with van der Waals surface area (Å²) in [6, 6.07) is 24.2. The number of fused-ring (bicyclic) bond motifs is 2. The summed E-state index contributed by atoms with van der Waals surface area (Å²) in [5.74, 6) is 0. The summed E-state index contributed by atoms with van der Waals surface area (Å²) in [5, 5.41) is 7.98. The highest BCUT2D eigenvalue weighted by atomic mass is 14.1. The van der Waals surface area contributed by atoms with Gasteiger partial charge in [0, 0.05) is 0 Å². The van der Waals surface area contributed by atoms with E-state index >= 15 is 0 Å². The first-order valence-corrected chi connectivity index (χ1v) is 9.41. The smallest absolute Gasteiger partial charge is 0.00298 e. The summed E-state index contributed by atoms with van der Waals surface area (Å²) in [6.45, 7) is 6.62. The van der Waals surface area contributed by atoms with Gasteiger partial charge in [-0.1, -0.05) is 87.2 Å². The molecule has 0 saturated heterocycles. The minimum atomic E-state index is 0. The third kappa shape index (κ3) is 3.17. The topological polar surface area (TPSA) is 0 Å². The lowest BCUT2D eigenvalue weighted by Gasteiger charge is -2.14. The van der Waals surface area contributed by atoms with E-state index in [1.165, 1.54) is 48.7 Å². The van der Waals surface area contributed by atoms with E-state index in [9.17, 15) is 0 Å². The van der Waals surface area contributed by atoms with Gasteiger partial charge < -0.3 is 0 Å². The first kappa shape index (κ1) is 18.9. The monoisotopic (exact) mass is 352 g/mol. The van der Waals surface area contributed by atoms with E-state index < -0.39 is 0 Å². The van der Waals surface area contributed by atoms with Crippen LogP contribution < -0.4 is 10.4 Å². The van der Waals surface area contributed by atoms with Crippen molar-refractivity contribution in [1.82, 2.24) is 0 Å². The molecule has 4 aromatic rings. The molecule has 0 unspecified atom stereocenters. The zero-order valence-electron chi connectivity index (χ0n) is 15.7. The molecule has 0 N–H and O–H groups in total. The zero-order chi connectivity index (χ0) is 18.1. The summed E-state index contributed by atoms with van der Waals surface area (Å²) in [4.78, 5) is 0. The molecular weight excluding hydrogens is 324 g/mol. The average Bonchev–Trinajstić information content (AvgIpc) is 2.69. The molecule has 0 radical (unpaired) electrons. The van der Waals surface area contributed by atoms with Gasteiger partial charge in [0.15, 0.2) is 0 Å². The Morgan fingerprint density at radius 3 is 2.15 bits per heavy atom. The fourth-order valence-electron chi connectivity index (χ4n) is 4.08. The highest BCUT2D eigenvalue weighted by Crippen LogP contribution is 2.28. The zero-order valence-corrected chi connectivity index (χ0v) is 15.7. The Hall–Kier alpha value is -2.86. The molecule has 0 aliphatic rings. The maximum Gasteiger partial charge on any atom is -0.00298 e. The summed E-state index contributed by atoms with van der Waals surface area (Å²) in [7, 11) is 0.